The highest BCUT2D eigenvalue weighted by atomic mass is 16.5. The topological polar surface area (TPSA) is 95.9 Å². The van der Waals surface area contributed by atoms with Crippen molar-refractivity contribution in [3.05, 3.63) is 60.8 Å². The van der Waals surface area contributed by atoms with E-state index in [0.717, 1.165) is 83.5 Å². The van der Waals surface area contributed by atoms with Crippen LogP contribution in [0.2, 0.25) is 0 Å². The van der Waals surface area contributed by atoms with Crippen molar-refractivity contribution < 1.29 is 24.5 Å². The van der Waals surface area contributed by atoms with Crippen LogP contribution in [-0.2, 0) is 14.3 Å². The predicted molar refractivity (Wildman–Crippen MR) is 273 cm³/mol. The van der Waals surface area contributed by atoms with E-state index >= 15 is 0 Å². The molecule has 0 rings (SSSR count). The van der Waals surface area contributed by atoms with Crippen LogP contribution in [0.3, 0.4) is 0 Å². The van der Waals surface area contributed by atoms with Gasteiger partial charge in [0.25, 0.3) is 0 Å². The Morgan fingerprint density at radius 2 is 0.857 bits per heavy atom. The minimum Gasteiger partial charge on any atom is -0.462 e. The normalized spacial score (nSPS) is 13.7. The number of carbonyl (C=O) groups is 2. The lowest BCUT2D eigenvalue weighted by atomic mass is 10.0. The number of hydrogen-bond acceptors (Lipinski definition) is 5. The average molecular weight is 882 g/mol. The van der Waals surface area contributed by atoms with E-state index in [2.05, 4.69) is 86.8 Å². The van der Waals surface area contributed by atoms with Crippen LogP contribution in [0, 0.1) is 0 Å². The van der Waals surface area contributed by atoms with Gasteiger partial charge in [-0.25, -0.2) is 0 Å². The zero-order valence-corrected chi connectivity index (χ0v) is 41.7. The number of hydrogen-bond donors (Lipinski definition) is 3. The van der Waals surface area contributed by atoms with Gasteiger partial charge in [0.05, 0.1) is 25.2 Å². The number of esters is 1. The lowest BCUT2D eigenvalue weighted by Crippen LogP contribution is -2.46. The minimum atomic E-state index is -0.803. The molecule has 0 aromatic carbocycles. The molecule has 0 saturated carbocycles. The molecule has 366 valence electrons. The van der Waals surface area contributed by atoms with Crippen LogP contribution in [0.1, 0.15) is 265 Å². The van der Waals surface area contributed by atoms with Gasteiger partial charge in [0.1, 0.15) is 6.10 Å². The summed E-state index contributed by atoms with van der Waals surface area (Å²) in [6, 6.07) is -0.720. The Morgan fingerprint density at radius 3 is 1.27 bits per heavy atom. The SMILES string of the molecule is CC/C=C\C/C=C\C/C=C\C/C=C\C/C=C\CCCC(CC(=O)NC(CO)C(O)CCCCCCCCCCCCCCCC)OC(=O)CCCCCCCCCCCCCCC. The van der Waals surface area contributed by atoms with Crippen molar-refractivity contribution in [1.29, 1.82) is 0 Å². The lowest BCUT2D eigenvalue weighted by Gasteiger charge is -2.24. The molecule has 1 amide bonds. The number of allylic oxidation sites excluding steroid dienone is 10. The molecule has 6 heteroatoms. The molecular weight excluding hydrogens is 779 g/mol. The fraction of sp³-hybridized carbons (Fsp3) is 0.789. The highest BCUT2D eigenvalue weighted by molar-refractivity contribution is 5.77. The van der Waals surface area contributed by atoms with E-state index < -0.39 is 18.2 Å². The zero-order valence-electron chi connectivity index (χ0n) is 41.7. The molecule has 0 fully saturated rings. The number of unbranched alkanes of at least 4 members (excludes halogenated alkanes) is 26. The summed E-state index contributed by atoms with van der Waals surface area (Å²) in [5.74, 6) is -0.523. The zero-order chi connectivity index (χ0) is 45.9. The second kappa shape index (κ2) is 50.6. The minimum absolute atomic E-state index is 0.0398. The maximum atomic E-state index is 13.2. The molecule has 63 heavy (non-hydrogen) atoms. The van der Waals surface area contributed by atoms with Gasteiger partial charge >= 0.3 is 5.97 Å². The Balaban J connectivity index is 4.67. The number of aliphatic hydroxyl groups is 2. The second-order valence-corrected chi connectivity index (χ2v) is 18.3. The van der Waals surface area contributed by atoms with E-state index in [-0.39, 0.29) is 24.9 Å². The highest BCUT2D eigenvalue weighted by Gasteiger charge is 2.24. The fourth-order valence-electron chi connectivity index (χ4n) is 8.05. The third kappa shape index (κ3) is 45.9. The van der Waals surface area contributed by atoms with E-state index in [1.54, 1.807) is 0 Å². The number of amides is 1. The van der Waals surface area contributed by atoms with Crippen LogP contribution >= 0.6 is 0 Å². The molecule has 0 aromatic rings. The van der Waals surface area contributed by atoms with Gasteiger partial charge in [-0.15, -0.1) is 0 Å². The van der Waals surface area contributed by atoms with E-state index in [4.69, 9.17) is 4.74 Å². The summed E-state index contributed by atoms with van der Waals surface area (Å²) in [4.78, 5) is 26.2. The van der Waals surface area contributed by atoms with Crippen molar-refractivity contribution in [2.45, 2.75) is 283 Å². The van der Waals surface area contributed by atoms with Crippen LogP contribution in [0.4, 0.5) is 0 Å². The van der Waals surface area contributed by atoms with Crippen molar-refractivity contribution in [2.24, 2.45) is 0 Å². The monoisotopic (exact) mass is 882 g/mol. The first-order valence-corrected chi connectivity index (χ1v) is 27.0. The van der Waals surface area contributed by atoms with Gasteiger partial charge < -0.3 is 20.3 Å². The summed E-state index contributed by atoms with van der Waals surface area (Å²) in [5.41, 5.74) is 0. The Kier molecular flexibility index (Phi) is 48.6. The summed E-state index contributed by atoms with van der Waals surface area (Å²) in [6.07, 6.45) is 62.8. The summed E-state index contributed by atoms with van der Waals surface area (Å²) >= 11 is 0. The molecule has 3 atom stereocenters. The Labute approximate surface area is 390 Å². The van der Waals surface area contributed by atoms with Crippen molar-refractivity contribution in [3.63, 3.8) is 0 Å². The van der Waals surface area contributed by atoms with Crippen LogP contribution < -0.4 is 5.32 Å². The number of nitrogens with one attached hydrogen (secondary N) is 1. The highest BCUT2D eigenvalue weighted by Crippen LogP contribution is 2.17. The third-order valence-electron chi connectivity index (χ3n) is 12.1. The largest absolute Gasteiger partial charge is 0.462 e. The summed E-state index contributed by atoms with van der Waals surface area (Å²) < 4.78 is 5.92. The molecule has 3 unspecified atom stereocenters. The third-order valence-corrected chi connectivity index (χ3v) is 12.1. The quantitative estimate of drug-likeness (QED) is 0.0321. The van der Waals surface area contributed by atoms with Crippen LogP contribution in [0.5, 0.6) is 0 Å². The average Bonchev–Trinajstić information content (AvgIpc) is 3.28. The van der Waals surface area contributed by atoms with E-state index in [9.17, 15) is 19.8 Å². The van der Waals surface area contributed by atoms with Gasteiger partial charge in [0.2, 0.25) is 5.91 Å². The van der Waals surface area contributed by atoms with Gasteiger partial charge in [-0.05, 0) is 64.2 Å². The number of aliphatic hydroxyl groups excluding tert-OH is 2. The second-order valence-electron chi connectivity index (χ2n) is 18.3. The van der Waals surface area contributed by atoms with Gasteiger partial charge in [0.15, 0.2) is 0 Å². The molecule has 6 nitrogen and oxygen atoms in total. The molecule has 0 heterocycles. The van der Waals surface area contributed by atoms with Crippen LogP contribution in [0.15, 0.2) is 60.8 Å². The summed E-state index contributed by atoms with van der Waals surface area (Å²) in [7, 11) is 0. The van der Waals surface area contributed by atoms with E-state index in [1.807, 2.05) is 0 Å². The molecular formula is C57H103NO5. The Morgan fingerprint density at radius 1 is 0.476 bits per heavy atom. The standard InChI is InChI=1S/C57H103NO5/c1-4-7-10-13-16-19-22-25-27-28-29-31-33-36-39-42-45-48-53(63-57(62)50-47-44-41-38-35-30-24-21-18-15-12-9-6-3)51-56(61)58-54(52-59)55(60)49-46-43-40-37-34-32-26-23-20-17-14-11-8-5-2/h7,10,16,19,25,27,29,31,36,39,53-55,59-60H,4-6,8-9,11-15,17-18,20-24,26,28,30,32-35,37-38,40-52H2,1-3H3,(H,58,61)/b10-7-,19-16-,27-25-,31-29-,39-36-. The first-order chi connectivity index (χ1) is 31.0. The van der Waals surface area contributed by atoms with Crippen molar-refractivity contribution in [1.82, 2.24) is 5.32 Å². The smallest absolute Gasteiger partial charge is 0.306 e. The van der Waals surface area contributed by atoms with Crippen molar-refractivity contribution in [2.75, 3.05) is 6.61 Å². The maximum Gasteiger partial charge on any atom is 0.306 e. The summed E-state index contributed by atoms with van der Waals surface area (Å²) in [5, 5.41) is 23.8. The van der Waals surface area contributed by atoms with Crippen LogP contribution in [0.25, 0.3) is 0 Å². The van der Waals surface area contributed by atoms with Gasteiger partial charge in [-0.1, -0.05) is 248 Å². The first-order valence-electron chi connectivity index (χ1n) is 27.0. The molecule has 0 aliphatic heterocycles. The molecule has 3 N–H and O–H groups in total. The summed E-state index contributed by atoms with van der Waals surface area (Å²) in [6.45, 7) is 6.37. The molecule has 0 aromatic heterocycles. The molecule has 0 bridgehead atoms. The molecule has 0 aliphatic rings. The van der Waals surface area contributed by atoms with Gasteiger partial charge in [-0.3, -0.25) is 9.59 Å². The van der Waals surface area contributed by atoms with Crippen molar-refractivity contribution >= 4 is 11.9 Å². The van der Waals surface area contributed by atoms with Crippen LogP contribution in [-0.4, -0.2) is 46.9 Å². The molecule has 0 saturated heterocycles. The fourth-order valence-corrected chi connectivity index (χ4v) is 8.05. The number of carbonyl (C=O) groups excluding carboxylic acids is 2. The number of ether oxygens (including phenoxy) is 1. The Hall–Kier alpha value is -2.44. The van der Waals surface area contributed by atoms with Gasteiger partial charge in [-0.2, -0.15) is 0 Å². The first kappa shape index (κ1) is 60.6. The van der Waals surface area contributed by atoms with Gasteiger partial charge in [0, 0.05) is 6.42 Å². The number of rotatable bonds is 48. The molecule has 0 aliphatic carbocycles. The Bertz CT molecular complexity index is 1130. The molecule has 0 radical (unpaired) electrons. The van der Waals surface area contributed by atoms with E-state index in [0.29, 0.717) is 19.3 Å². The molecule has 0 spiro atoms. The van der Waals surface area contributed by atoms with Crippen molar-refractivity contribution in [3.8, 4) is 0 Å². The maximum absolute atomic E-state index is 13.2. The predicted octanol–water partition coefficient (Wildman–Crippen LogP) is 16.4. The lowest BCUT2D eigenvalue weighted by molar-refractivity contribution is -0.151. The van der Waals surface area contributed by atoms with E-state index in [1.165, 1.54) is 135 Å².